The molecule has 2 heterocycles. The van der Waals surface area contributed by atoms with Gasteiger partial charge < -0.3 is 20.1 Å². The van der Waals surface area contributed by atoms with E-state index in [9.17, 15) is 14.0 Å². The number of nitrogens with two attached hydrogens (primary N) is 1. The number of nitrogens with zero attached hydrogens (tertiary/aromatic N) is 6. The standard InChI is InChI=1S/C33H32FN7O4/c1-38(22-9-10-22)17-5-8-29(42)39(2)27-19-24(13-16-28(27)44-3)41-32-30(31(35)36-20-37-32)40(33(41)43)23-11-14-25(15-12-23)45-26-7-4-6-21(34)18-26/h4-8,11-16,18-20,22H,9-10,17H2,1-3H3,(H2,35,36,37). The van der Waals surface area contributed by atoms with Gasteiger partial charge in [0.05, 0.1) is 24.2 Å². The fourth-order valence-electron chi connectivity index (χ4n) is 5.14. The van der Waals surface area contributed by atoms with E-state index in [-0.39, 0.29) is 17.4 Å². The number of benzene rings is 3. The van der Waals surface area contributed by atoms with Crippen molar-refractivity contribution in [2.24, 2.45) is 0 Å². The zero-order chi connectivity index (χ0) is 31.7. The first-order valence-corrected chi connectivity index (χ1v) is 14.4. The Balaban J connectivity index is 1.36. The lowest BCUT2D eigenvalue weighted by molar-refractivity contribution is -0.113. The van der Waals surface area contributed by atoms with Crippen molar-refractivity contribution in [3.8, 4) is 28.6 Å². The molecule has 1 amide bonds. The van der Waals surface area contributed by atoms with Crippen molar-refractivity contribution in [1.29, 1.82) is 0 Å². The molecule has 0 saturated heterocycles. The molecule has 2 aromatic heterocycles. The van der Waals surface area contributed by atoms with Crippen molar-refractivity contribution in [2.75, 3.05) is 38.4 Å². The summed E-state index contributed by atoms with van der Waals surface area (Å²) in [7, 11) is 5.21. The minimum atomic E-state index is -0.455. The highest BCUT2D eigenvalue weighted by atomic mass is 19.1. The van der Waals surface area contributed by atoms with E-state index >= 15 is 0 Å². The van der Waals surface area contributed by atoms with E-state index in [1.807, 2.05) is 13.1 Å². The van der Waals surface area contributed by atoms with Gasteiger partial charge in [-0.15, -0.1) is 0 Å². The zero-order valence-electron chi connectivity index (χ0n) is 25.1. The van der Waals surface area contributed by atoms with Crippen LogP contribution in [0.2, 0.25) is 0 Å². The maximum Gasteiger partial charge on any atom is 0.339 e. The molecule has 1 aliphatic rings. The Morgan fingerprint density at radius 2 is 1.78 bits per heavy atom. The number of imidazole rings is 1. The van der Waals surface area contributed by atoms with Gasteiger partial charge in [-0.25, -0.2) is 23.7 Å². The fraction of sp³-hybridized carbons (Fsp3) is 0.212. The van der Waals surface area contributed by atoms with Crippen molar-refractivity contribution in [3.63, 3.8) is 0 Å². The number of hydrogen-bond donors (Lipinski definition) is 1. The second kappa shape index (κ2) is 12.2. The molecule has 230 valence electrons. The van der Waals surface area contributed by atoms with Crippen molar-refractivity contribution in [1.82, 2.24) is 24.0 Å². The van der Waals surface area contributed by atoms with Gasteiger partial charge in [-0.1, -0.05) is 12.1 Å². The molecule has 2 N–H and O–H groups in total. The number of carbonyl (C=O) groups is 1. The summed E-state index contributed by atoms with van der Waals surface area (Å²) in [5, 5.41) is 0. The number of fused-ring (bicyclic) bond motifs is 1. The lowest BCUT2D eigenvalue weighted by Crippen LogP contribution is -2.26. The fourth-order valence-corrected chi connectivity index (χ4v) is 5.14. The Morgan fingerprint density at radius 1 is 1.02 bits per heavy atom. The molecule has 45 heavy (non-hydrogen) atoms. The normalized spacial score (nSPS) is 13.1. The molecule has 1 fully saturated rings. The van der Waals surface area contributed by atoms with Crippen LogP contribution >= 0.6 is 0 Å². The summed E-state index contributed by atoms with van der Waals surface area (Å²) in [6.07, 6.45) is 7.05. The number of nitrogen functional groups attached to an aromatic ring is 1. The van der Waals surface area contributed by atoms with Crippen molar-refractivity contribution >= 4 is 28.6 Å². The van der Waals surface area contributed by atoms with Gasteiger partial charge in [-0.2, -0.15) is 0 Å². The predicted octanol–water partition coefficient (Wildman–Crippen LogP) is 4.71. The molecule has 1 saturated carbocycles. The van der Waals surface area contributed by atoms with E-state index in [0.29, 0.717) is 52.4 Å². The van der Waals surface area contributed by atoms with E-state index in [0.717, 1.165) is 0 Å². The van der Waals surface area contributed by atoms with Crippen LogP contribution in [0.4, 0.5) is 15.9 Å². The molecular formula is C33H32FN7O4. The van der Waals surface area contributed by atoms with Crippen LogP contribution in [0.1, 0.15) is 12.8 Å². The van der Waals surface area contributed by atoms with Gasteiger partial charge in [0.1, 0.15) is 34.9 Å². The lowest BCUT2D eigenvalue weighted by atomic mass is 10.2. The van der Waals surface area contributed by atoms with E-state index in [2.05, 4.69) is 14.9 Å². The quantitative estimate of drug-likeness (QED) is 0.226. The number of anilines is 2. The average molecular weight is 610 g/mol. The first-order chi connectivity index (χ1) is 21.7. The van der Waals surface area contributed by atoms with Crippen LogP contribution in [0.5, 0.6) is 17.2 Å². The van der Waals surface area contributed by atoms with Gasteiger partial charge in [0, 0.05) is 31.8 Å². The highest BCUT2D eigenvalue weighted by Crippen LogP contribution is 2.32. The SMILES string of the molecule is COc1ccc(-n2c(=O)n(-c3ccc(Oc4cccc(F)c4)cc3)c3c(N)ncnc32)cc1N(C)C(=O)C=CCN(C)C1CC1. The molecule has 0 radical (unpaired) electrons. The number of methoxy groups -OCH3 is 1. The van der Waals surface area contributed by atoms with Crippen molar-refractivity contribution < 1.29 is 18.7 Å². The predicted molar refractivity (Wildman–Crippen MR) is 170 cm³/mol. The Labute approximate surface area is 258 Å². The van der Waals surface area contributed by atoms with Gasteiger partial charge in [-0.3, -0.25) is 14.3 Å². The topological polar surface area (TPSA) is 121 Å². The van der Waals surface area contributed by atoms with Crippen molar-refractivity contribution in [3.05, 3.63) is 102 Å². The molecule has 1 aliphatic carbocycles. The smallest absolute Gasteiger partial charge is 0.339 e. The van der Waals surface area contributed by atoms with E-state index in [4.69, 9.17) is 15.2 Å². The number of halogens is 1. The maximum absolute atomic E-state index is 14.1. The van der Waals surface area contributed by atoms with Gasteiger partial charge >= 0.3 is 5.69 Å². The number of amides is 1. The number of likely N-dealkylation sites (N-methyl/N-ethyl adjacent to an activating group) is 2. The molecular weight excluding hydrogens is 577 g/mol. The number of rotatable bonds is 10. The van der Waals surface area contributed by atoms with Crippen LogP contribution in [-0.2, 0) is 4.79 Å². The molecule has 6 rings (SSSR count). The third kappa shape index (κ3) is 6.00. The molecule has 0 aliphatic heterocycles. The Bertz CT molecular complexity index is 1960. The highest BCUT2D eigenvalue weighted by Gasteiger charge is 2.25. The molecule has 11 nitrogen and oxygen atoms in total. The Hall–Kier alpha value is -5.49. The molecule has 0 spiro atoms. The molecule has 0 unspecified atom stereocenters. The van der Waals surface area contributed by atoms with E-state index in [1.54, 1.807) is 67.7 Å². The van der Waals surface area contributed by atoms with Crippen LogP contribution < -0.4 is 25.8 Å². The van der Waals surface area contributed by atoms with Crippen LogP contribution in [0, 0.1) is 5.82 Å². The summed E-state index contributed by atoms with van der Waals surface area (Å²) < 4.78 is 27.7. The van der Waals surface area contributed by atoms with Crippen molar-refractivity contribution in [2.45, 2.75) is 18.9 Å². The Morgan fingerprint density at radius 3 is 2.49 bits per heavy atom. The van der Waals surface area contributed by atoms with Gasteiger partial charge in [-0.05, 0) is 74.5 Å². The van der Waals surface area contributed by atoms with E-state index < -0.39 is 11.5 Å². The van der Waals surface area contributed by atoms with Gasteiger partial charge in [0.2, 0.25) is 0 Å². The number of ether oxygens (including phenoxy) is 2. The molecule has 0 bridgehead atoms. The lowest BCUT2D eigenvalue weighted by Gasteiger charge is -2.20. The summed E-state index contributed by atoms with van der Waals surface area (Å²) >= 11 is 0. The van der Waals surface area contributed by atoms with Crippen LogP contribution in [0.3, 0.4) is 0 Å². The molecule has 0 atom stereocenters. The van der Waals surface area contributed by atoms with Gasteiger partial charge in [0.15, 0.2) is 11.5 Å². The monoisotopic (exact) mass is 609 g/mol. The van der Waals surface area contributed by atoms with Crippen LogP contribution in [0.25, 0.3) is 22.5 Å². The Kier molecular flexibility index (Phi) is 8.05. The van der Waals surface area contributed by atoms with Crippen LogP contribution in [-0.4, -0.2) is 63.7 Å². The third-order valence-electron chi connectivity index (χ3n) is 7.71. The number of aromatic nitrogens is 4. The second-order valence-corrected chi connectivity index (χ2v) is 10.8. The minimum absolute atomic E-state index is 0.110. The summed E-state index contributed by atoms with van der Waals surface area (Å²) in [5.74, 6) is 0.706. The molecule has 3 aromatic carbocycles. The highest BCUT2D eigenvalue weighted by molar-refractivity contribution is 6.02. The molecule has 5 aromatic rings. The third-order valence-corrected chi connectivity index (χ3v) is 7.71. The second-order valence-electron chi connectivity index (χ2n) is 10.8. The summed E-state index contributed by atoms with van der Waals surface area (Å²) in [5.41, 5.74) is 7.82. The summed E-state index contributed by atoms with van der Waals surface area (Å²) in [6, 6.07) is 18.2. The number of hydrogen-bond acceptors (Lipinski definition) is 8. The summed E-state index contributed by atoms with van der Waals surface area (Å²) in [6.45, 7) is 0.676. The number of carbonyl (C=O) groups excluding carboxylic acids is 1. The first kappa shape index (κ1) is 29.6. The zero-order valence-corrected chi connectivity index (χ0v) is 25.1. The van der Waals surface area contributed by atoms with Crippen LogP contribution in [0.15, 0.2) is 90.0 Å². The summed E-state index contributed by atoms with van der Waals surface area (Å²) in [4.78, 5) is 39.4. The van der Waals surface area contributed by atoms with E-state index in [1.165, 1.54) is 52.4 Å². The molecule has 12 heteroatoms. The largest absolute Gasteiger partial charge is 0.495 e. The first-order valence-electron chi connectivity index (χ1n) is 14.4. The maximum atomic E-state index is 14.1. The van der Waals surface area contributed by atoms with Gasteiger partial charge in [0.25, 0.3) is 5.91 Å². The minimum Gasteiger partial charge on any atom is -0.495 e. The average Bonchev–Trinajstić information content (AvgIpc) is 3.84.